The van der Waals surface area contributed by atoms with Crippen molar-refractivity contribution < 1.29 is 9.47 Å². The van der Waals surface area contributed by atoms with Gasteiger partial charge in [-0.15, -0.1) is 11.6 Å². The number of alkyl halides is 1. The first-order chi connectivity index (χ1) is 10.6. The van der Waals surface area contributed by atoms with E-state index in [1.807, 2.05) is 0 Å². The summed E-state index contributed by atoms with van der Waals surface area (Å²) in [5, 5.41) is 9.35. The molecule has 0 aromatic heterocycles. The van der Waals surface area contributed by atoms with Gasteiger partial charge in [0.25, 0.3) is 0 Å². The molecule has 22 heavy (non-hydrogen) atoms. The van der Waals surface area contributed by atoms with Gasteiger partial charge in [0.15, 0.2) is 5.79 Å². The predicted molar refractivity (Wildman–Crippen MR) is 86.4 cm³/mol. The number of rotatable bonds is 6. The lowest BCUT2D eigenvalue weighted by atomic mass is 9.93. The molecule has 2 bridgehead atoms. The molecule has 1 heterocycles. The smallest absolute Gasteiger partial charge is 0.171 e. The Morgan fingerprint density at radius 1 is 1.36 bits per heavy atom. The highest BCUT2D eigenvalue weighted by molar-refractivity contribution is 6.27. The van der Waals surface area contributed by atoms with E-state index in [2.05, 4.69) is 31.2 Å². The van der Waals surface area contributed by atoms with Crippen LogP contribution in [0.3, 0.4) is 0 Å². The summed E-state index contributed by atoms with van der Waals surface area (Å²) in [5.74, 6) is -0.0827. The molecule has 0 aromatic rings. The molecule has 120 valence electrons. The van der Waals surface area contributed by atoms with E-state index in [9.17, 15) is 5.26 Å². The van der Waals surface area contributed by atoms with Gasteiger partial charge in [-0.2, -0.15) is 5.26 Å². The number of unbranched alkanes of at least 4 members (excludes halogenated alkanes) is 2. The fourth-order valence-corrected chi connectivity index (χ4v) is 4.29. The largest absolute Gasteiger partial charge is 0.347 e. The summed E-state index contributed by atoms with van der Waals surface area (Å²) in [6, 6.07) is 2.29. The molecule has 3 unspecified atom stereocenters. The minimum Gasteiger partial charge on any atom is -0.347 e. The Labute approximate surface area is 137 Å². The van der Waals surface area contributed by atoms with Crippen LogP contribution in [0, 0.1) is 23.2 Å². The quantitative estimate of drug-likeness (QED) is 0.415. The van der Waals surface area contributed by atoms with Crippen LogP contribution in [0.5, 0.6) is 0 Å². The van der Waals surface area contributed by atoms with Gasteiger partial charge in [-0.05, 0) is 12.8 Å². The fraction of sp³-hybridized carbons (Fsp3) is 0.722. The van der Waals surface area contributed by atoms with Gasteiger partial charge in [-0.25, -0.2) is 0 Å². The zero-order valence-electron chi connectivity index (χ0n) is 13.2. The van der Waals surface area contributed by atoms with E-state index < -0.39 is 10.7 Å². The summed E-state index contributed by atoms with van der Waals surface area (Å²) in [6.07, 6.45) is 12.5. The molecule has 0 amide bonds. The first-order valence-electron chi connectivity index (χ1n) is 8.39. The number of nitrogens with zero attached hydrogens (tertiary/aromatic N) is 1. The van der Waals surface area contributed by atoms with Crippen molar-refractivity contribution in [1.82, 2.24) is 0 Å². The molecule has 1 saturated heterocycles. The summed E-state index contributed by atoms with van der Waals surface area (Å²) < 4.78 is 11.9. The highest BCUT2D eigenvalue weighted by atomic mass is 35.5. The van der Waals surface area contributed by atoms with E-state index in [4.69, 9.17) is 21.1 Å². The van der Waals surface area contributed by atoms with Gasteiger partial charge < -0.3 is 9.47 Å². The van der Waals surface area contributed by atoms with Crippen molar-refractivity contribution in [2.45, 2.75) is 56.1 Å². The van der Waals surface area contributed by atoms with Gasteiger partial charge >= 0.3 is 0 Å². The van der Waals surface area contributed by atoms with Gasteiger partial charge in [-0.1, -0.05) is 43.6 Å². The van der Waals surface area contributed by atoms with Crippen LogP contribution in [0.4, 0.5) is 0 Å². The van der Waals surface area contributed by atoms with Gasteiger partial charge in [0, 0.05) is 24.7 Å². The third-order valence-electron chi connectivity index (χ3n) is 5.14. The molecule has 2 aliphatic carbocycles. The topological polar surface area (TPSA) is 42.2 Å². The van der Waals surface area contributed by atoms with Crippen molar-refractivity contribution in [3.63, 3.8) is 0 Å². The maximum Gasteiger partial charge on any atom is 0.171 e. The average Bonchev–Trinajstić information content (AvgIpc) is 3.19. The van der Waals surface area contributed by atoms with Crippen LogP contribution in [0.25, 0.3) is 0 Å². The van der Waals surface area contributed by atoms with Gasteiger partial charge in [-0.3, -0.25) is 0 Å². The third-order valence-corrected chi connectivity index (χ3v) is 5.62. The lowest BCUT2D eigenvalue weighted by Crippen LogP contribution is -2.29. The van der Waals surface area contributed by atoms with Crippen LogP contribution in [0.15, 0.2) is 23.8 Å². The SMILES string of the molecule is CCCCCC1(C/C=C2\C3C=CC2C(Cl)(C#N)C3)OCCO1. The Kier molecular flexibility index (Phi) is 4.64. The summed E-state index contributed by atoms with van der Waals surface area (Å²) in [7, 11) is 0. The lowest BCUT2D eigenvalue weighted by Gasteiger charge is -2.27. The number of ether oxygens (including phenoxy) is 2. The van der Waals surface area contributed by atoms with E-state index in [0.29, 0.717) is 19.1 Å². The molecule has 3 atom stereocenters. The van der Waals surface area contributed by atoms with Crippen LogP contribution in [0.2, 0.25) is 0 Å². The normalized spacial score (nSPS) is 37.0. The second-order valence-electron chi connectivity index (χ2n) is 6.62. The zero-order valence-corrected chi connectivity index (χ0v) is 13.9. The van der Waals surface area contributed by atoms with Crippen LogP contribution in [-0.2, 0) is 9.47 Å². The molecule has 0 N–H and O–H groups in total. The second-order valence-corrected chi connectivity index (χ2v) is 7.29. The molecule has 2 fully saturated rings. The fourth-order valence-electron chi connectivity index (χ4n) is 3.92. The third kappa shape index (κ3) is 2.85. The molecule has 1 saturated carbocycles. The molecule has 0 spiro atoms. The highest BCUT2D eigenvalue weighted by Crippen LogP contribution is 2.53. The summed E-state index contributed by atoms with van der Waals surface area (Å²) in [4.78, 5) is -0.752. The summed E-state index contributed by atoms with van der Waals surface area (Å²) in [5.41, 5.74) is 1.28. The standard InChI is InChI=1S/C18H24ClNO2/c1-2-3-4-8-18(21-10-11-22-18)9-7-15-14-5-6-16(15)17(19,12-14)13-20/h5-7,14,16H,2-4,8-12H2,1H3/b15-7+. The maximum atomic E-state index is 9.35. The number of fused-ring (bicyclic) bond motifs is 2. The van der Waals surface area contributed by atoms with Crippen molar-refractivity contribution >= 4 is 11.6 Å². The molecular formula is C18H24ClNO2. The van der Waals surface area contributed by atoms with Gasteiger partial charge in [0.1, 0.15) is 4.87 Å². The Balaban J connectivity index is 1.69. The first kappa shape index (κ1) is 16.1. The molecule has 3 aliphatic rings. The van der Waals surface area contributed by atoms with Crippen LogP contribution in [0.1, 0.15) is 45.4 Å². The van der Waals surface area contributed by atoms with E-state index in [1.165, 1.54) is 18.4 Å². The van der Waals surface area contributed by atoms with E-state index in [0.717, 1.165) is 25.7 Å². The summed E-state index contributed by atoms with van der Waals surface area (Å²) >= 11 is 6.46. The highest BCUT2D eigenvalue weighted by Gasteiger charge is 2.51. The molecular weight excluding hydrogens is 298 g/mol. The van der Waals surface area contributed by atoms with E-state index in [-0.39, 0.29) is 5.92 Å². The van der Waals surface area contributed by atoms with Crippen LogP contribution in [-0.4, -0.2) is 23.9 Å². The van der Waals surface area contributed by atoms with Crippen molar-refractivity contribution in [3.8, 4) is 6.07 Å². The molecule has 1 aliphatic heterocycles. The van der Waals surface area contributed by atoms with Crippen molar-refractivity contribution in [1.29, 1.82) is 5.26 Å². The summed E-state index contributed by atoms with van der Waals surface area (Å²) in [6.45, 7) is 3.56. The molecule has 0 aromatic carbocycles. The predicted octanol–water partition coefficient (Wildman–Crippen LogP) is 4.33. The maximum absolute atomic E-state index is 9.35. The molecule has 4 heteroatoms. The van der Waals surface area contributed by atoms with E-state index >= 15 is 0 Å². The van der Waals surface area contributed by atoms with Crippen molar-refractivity contribution in [2.24, 2.45) is 11.8 Å². The monoisotopic (exact) mass is 321 g/mol. The van der Waals surface area contributed by atoms with E-state index in [1.54, 1.807) is 0 Å². The second kappa shape index (κ2) is 6.35. The Hall–Kier alpha value is -0.820. The van der Waals surface area contributed by atoms with Gasteiger partial charge in [0.05, 0.1) is 19.3 Å². The Bertz CT molecular complexity index is 516. The minimum atomic E-state index is -0.752. The number of hydrogen-bond donors (Lipinski definition) is 0. The van der Waals surface area contributed by atoms with Crippen LogP contribution < -0.4 is 0 Å². The van der Waals surface area contributed by atoms with Gasteiger partial charge in [0.2, 0.25) is 0 Å². The molecule has 3 rings (SSSR count). The Morgan fingerprint density at radius 2 is 2.14 bits per heavy atom. The van der Waals surface area contributed by atoms with Crippen LogP contribution >= 0.6 is 11.6 Å². The molecule has 0 radical (unpaired) electrons. The average molecular weight is 322 g/mol. The number of nitriles is 1. The lowest BCUT2D eigenvalue weighted by molar-refractivity contribution is -0.160. The van der Waals surface area contributed by atoms with Crippen molar-refractivity contribution in [3.05, 3.63) is 23.8 Å². The van der Waals surface area contributed by atoms with Crippen molar-refractivity contribution in [2.75, 3.05) is 13.2 Å². The number of halogens is 1. The first-order valence-corrected chi connectivity index (χ1v) is 8.77. The molecule has 3 nitrogen and oxygen atoms in total. The Morgan fingerprint density at radius 3 is 2.77 bits per heavy atom. The zero-order chi connectivity index (χ0) is 15.6. The minimum absolute atomic E-state index is 0.0539. The number of hydrogen-bond acceptors (Lipinski definition) is 3. The number of allylic oxidation sites excluding steroid dienone is 3.